The molecule has 0 saturated heterocycles. The third-order valence-corrected chi connectivity index (χ3v) is 2.89. The van der Waals surface area contributed by atoms with Gasteiger partial charge in [0.1, 0.15) is 5.56 Å². The van der Waals surface area contributed by atoms with Gasteiger partial charge in [0.25, 0.3) is 11.6 Å². The van der Waals surface area contributed by atoms with Crippen LogP contribution in [0.3, 0.4) is 0 Å². The maximum Gasteiger partial charge on any atom is 0.282 e. The molecule has 0 fully saturated rings. The molecular weight excluding hydrogens is 258 g/mol. The van der Waals surface area contributed by atoms with Crippen LogP contribution in [0.2, 0.25) is 0 Å². The summed E-state index contributed by atoms with van der Waals surface area (Å²) in [6, 6.07) is 4.40. The summed E-state index contributed by atoms with van der Waals surface area (Å²) in [6.07, 6.45) is 0.804. The number of hydrogen-bond acceptors (Lipinski definition) is 4. The molecular formula is C14H21N3O3. The number of carbonyl (C=O) groups excluding carboxylic acids is 1. The molecule has 0 bridgehead atoms. The third kappa shape index (κ3) is 4.53. The smallest absolute Gasteiger partial charge is 0.282 e. The van der Waals surface area contributed by atoms with Gasteiger partial charge in [-0.1, -0.05) is 20.8 Å². The Bertz CT molecular complexity index is 507. The average molecular weight is 279 g/mol. The maximum atomic E-state index is 12.1. The second-order valence-electron chi connectivity index (χ2n) is 5.81. The summed E-state index contributed by atoms with van der Waals surface area (Å²) in [6.45, 7) is 6.71. The average Bonchev–Trinajstić information content (AvgIpc) is 2.36. The number of carbonyl (C=O) groups is 1. The lowest BCUT2D eigenvalue weighted by Crippen LogP contribution is -2.27. The molecule has 0 aliphatic rings. The predicted molar refractivity (Wildman–Crippen MR) is 79.0 cm³/mol. The molecule has 6 heteroatoms. The van der Waals surface area contributed by atoms with Crippen LogP contribution in [0.25, 0.3) is 0 Å². The highest BCUT2D eigenvalue weighted by atomic mass is 16.6. The Labute approximate surface area is 118 Å². The monoisotopic (exact) mass is 279 g/mol. The summed E-state index contributed by atoms with van der Waals surface area (Å²) in [5.41, 5.74) is 0.663. The van der Waals surface area contributed by atoms with Crippen molar-refractivity contribution in [3.63, 3.8) is 0 Å². The van der Waals surface area contributed by atoms with Crippen molar-refractivity contribution in [3.05, 3.63) is 33.9 Å². The number of nitro benzene ring substituents is 1. The minimum atomic E-state index is -0.544. The fraction of sp³-hybridized carbons (Fsp3) is 0.500. The predicted octanol–water partition coefficient (Wildman–Crippen LogP) is 2.80. The van der Waals surface area contributed by atoms with E-state index in [0.717, 1.165) is 6.42 Å². The van der Waals surface area contributed by atoms with E-state index in [4.69, 9.17) is 0 Å². The topological polar surface area (TPSA) is 84.3 Å². The zero-order valence-electron chi connectivity index (χ0n) is 12.3. The molecule has 0 spiro atoms. The van der Waals surface area contributed by atoms with Gasteiger partial charge in [-0.05, 0) is 24.0 Å². The number of rotatable bonds is 5. The van der Waals surface area contributed by atoms with E-state index >= 15 is 0 Å². The normalized spacial score (nSPS) is 11.0. The summed E-state index contributed by atoms with van der Waals surface area (Å²) in [5.74, 6) is -0.418. The standard InChI is InChI=1S/C14H21N3O3/c1-14(2,3)7-8-16-13(18)11-9-10(15-4)5-6-12(11)17(19)20/h5-6,9,15H,7-8H2,1-4H3,(H,16,18). The lowest BCUT2D eigenvalue weighted by Gasteiger charge is -2.18. The molecule has 0 aromatic heterocycles. The van der Waals surface area contributed by atoms with Crippen molar-refractivity contribution in [1.82, 2.24) is 5.32 Å². The molecule has 1 aromatic rings. The van der Waals surface area contributed by atoms with Gasteiger partial charge in [-0.3, -0.25) is 14.9 Å². The highest BCUT2D eigenvalue weighted by Gasteiger charge is 2.20. The molecule has 0 aliphatic heterocycles. The zero-order chi connectivity index (χ0) is 15.3. The maximum absolute atomic E-state index is 12.1. The molecule has 0 unspecified atom stereocenters. The van der Waals surface area contributed by atoms with Crippen LogP contribution in [0.4, 0.5) is 11.4 Å². The fourth-order valence-corrected chi connectivity index (χ4v) is 1.68. The van der Waals surface area contributed by atoms with E-state index in [-0.39, 0.29) is 16.7 Å². The molecule has 0 saturated carbocycles. The molecule has 0 heterocycles. The number of hydrogen-bond donors (Lipinski definition) is 2. The first kappa shape index (κ1) is 15.9. The minimum Gasteiger partial charge on any atom is -0.388 e. The highest BCUT2D eigenvalue weighted by Crippen LogP contribution is 2.23. The highest BCUT2D eigenvalue weighted by molar-refractivity contribution is 5.99. The van der Waals surface area contributed by atoms with E-state index in [1.807, 2.05) is 0 Å². The molecule has 1 aromatic carbocycles. The van der Waals surface area contributed by atoms with Crippen LogP contribution in [0.5, 0.6) is 0 Å². The molecule has 6 nitrogen and oxygen atoms in total. The van der Waals surface area contributed by atoms with Gasteiger partial charge in [0.2, 0.25) is 0 Å². The van der Waals surface area contributed by atoms with E-state index < -0.39 is 10.8 Å². The summed E-state index contributed by atoms with van der Waals surface area (Å²) < 4.78 is 0. The number of nitrogens with zero attached hydrogens (tertiary/aromatic N) is 1. The molecule has 20 heavy (non-hydrogen) atoms. The van der Waals surface area contributed by atoms with Crippen molar-refractivity contribution in [2.45, 2.75) is 27.2 Å². The van der Waals surface area contributed by atoms with E-state index in [1.165, 1.54) is 12.1 Å². The number of nitro groups is 1. The largest absolute Gasteiger partial charge is 0.388 e. The number of amides is 1. The summed E-state index contributed by atoms with van der Waals surface area (Å²) >= 11 is 0. The Hall–Kier alpha value is -2.11. The van der Waals surface area contributed by atoms with Gasteiger partial charge in [0.05, 0.1) is 4.92 Å². The van der Waals surface area contributed by atoms with Crippen molar-refractivity contribution in [1.29, 1.82) is 0 Å². The molecule has 1 amide bonds. The lowest BCUT2D eigenvalue weighted by molar-refractivity contribution is -0.385. The van der Waals surface area contributed by atoms with Crippen LogP contribution in [-0.2, 0) is 0 Å². The molecule has 0 aliphatic carbocycles. The van der Waals surface area contributed by atoms with Crippen LogP contribution in [-0.4, -0.2) is 24.4 Å². The molecule has 1 rings (SSSR count). The van der Waals surface area contributed by atoms with Crippen molar-refractivity contribution < 1.29 is 9.72 Å². The van der Waals surface area contributed by atoms with Gasteiger partial charge in [-0.25, -0.2) is 0 Å². The van der Waals surface area contributed by atoms with E-state index in [0.29, 0.717) is 12.2 Å². The Morgan fingerprint density at radius 1 is 1.35 bits per heavy atom. The van der Waals surface area contributed by atoms with Gasteiger partial charge >= 0.3 is 0 Å². The van der Waals surface area contributed by atoms with Crippen molar-refractivity contribution >= 4 is 17.3 Å². The Balaban J connectivity index is 2.87. The Kier molecular flexibility index (Phi) is 5.07. The number of benzene rings is 1. The van der Waals surface area contributed by atoms with Gasteiger partial charge < -0.3 is 10.6 Å². The quantitative estimate of drug-likeness (QED) is 0.641. The molecule has 0 atom stereocenters. The van der Waals surface area contributed by atoms with Gasteiger partial charge in [0.15, 0.2) is 0 Å². The number of nitrogens with one attached hydrogen (secondary N) is 2. The first-order valence-corrected chi connectivity index (χ1v) is 6.49. The van der Waals surface area contributed by atoms with Crippen molar-refractivity contribution in [2.24, 2.45) is 5.41 Å². The van der Waals surface area contributed by atoms with Crippen molar-refractivity contribution in [2.75, 3.05) is 18.9 Å². The molecule has 110 valence electrons. The summed E-state index contributed by atoms with van der Waals surface area (Å²) in [4.78, 5) is 22.5. The third-order valence-electron chi connectivity index (χ3n) is 2.89. The first-order chi connectivity index (χ1) is 9.24. The van der Waals surface area contributed by atoms with Gasteiger partial charge in [0, 0.05) is 25.3 Å². The Morgan fingerprint density at radius 2 is 2.00 bits per heavy atom. The van der Waals surface area contributed by atoms with Gasteiger partial charge in [-0.15, -0.1) is 0 Å². The van der Waals surface area contributed by atoms with E-state index in [1.54, 1.807) is 13.1 Å². The van der Waals surface area contributed by atoms with Gasteiger partial charge in [-0.2, -0.15) is 0 Å². The van der Waals surface area contributed by atoms with E-state index in [2.05, 4.69) is 31.4 Å². The second kappa shape index (κ2) is 6.36. The minimum absolute atomic E-state index is 0.0794. The first-order valence-electron chi connectivity index (χ1n) is 6.49. The lowest BCUT2D eigenvalue weighted by atomic mass is 9.92. The second-order valence-corrected chi connectivity index (χ2v) is 5.81. The van der Waals surface area contributed by atoms with E-state index in [9.17, 15) is 14.9 Å². The van der Waals surface area contributed by atoms with Crippen LogP contribution >= 0.6 is 0 Å². The van der Waals surface area contributed by atoms with Crippen LogP contribution in [0.15, 0.2) is 18.2 Å². The fourth-order valence-electron chi connectivity index (χ4n) is 1.68. The molecule has 0 radical (unpaired) electrons. The number of anilines is 1. The zero-order valence-corrected chi connectivity index (χ0v) is 12.3. The van der Waals surface area contributed by atoms with Crippen LogP contribution in [0.1, 0.15) is 37.6 Å². The Morgan fingerprint density at radius 3 is 2.50 bits per heavy atom. The summed E-state index contributed by atoms with van der Waals surface area (Å²) in [7, 11) is 1.70. The molecule has 2 N–H and O–H groups in total. The van der Waals surface area contributed by atoms with Crippen molar-refractivity contribution in [3.8, 4) is 0 Å². The van der Waals surface area contributed by atoms with Crippen LogP contribution in [0, 0.1) is 15.5 Å². The van der Waals surface area contributed by atoms with Crippen LogP contribution < -0.4 is 10.6 Å². The SMILES string of the molecule is CNc1ccc([N+](=O)[O-])c(C(=O)NCCC(C)(C)C)c1. The summed E-state index contributed by atoms with van der Waals surface area (Å²) in [5, 5.41) is 16.6.